The Morgan fingerprint density at radius 2 is 1.33 bits per heavy atom. The second kappa shape index (κ2) is 28.2. The summed E-state index contributed by atoms with van der Waals surface area (Å²) in [5.74, 6) is -3.80. The predicted molar refractivity (Wildman–Crippen MR) is 216 cm³/mol. The first-order chi connectivity index (χ1) is 27.7. The number of aliphatic carboxylic acids is 2. The van der Waals surface area contributed by atoms with E-state index < -0.39 is 52.9 Å². The van der Waals surface area contributed by atoms with Gasteiger partial charge in [0, 0.05) is 101 Å². The Hall–Kier alpha value is -4.32. The normalized spacial score (nSPS) is 16.2. The average Bonchev–Trinajstić information content (AvgIpc) is 3.15. The number of nitrogens with zero attached hydrogens (tertiary/aromatic N) is 4. The summed E-state index contributed by atoms with van der Waals surface area (Å²) in [6, 6.07) is 6.01. The summed E-state index contributed by atoms with van der Waals surface area (Å²) in [5, 5.41) is 35.4. The maximum atomic E-state index is 13.7. The molecule has 1 fully saturated rings. The van der Waals surface area contributed by atoms with E-state index >= 15 is 0 Å². The molecule has 0 bridgehead atoms. The molecule has 1 aromatic carbocycles. The Morgan fingerprint density at radius 3 is 1.86 bits per heavy atom. The van der Waals surface area contributed by atoms with Gasteiger partial charge in [-0.15, -0.1) is 0 Å². The first-order valence-electron chi connectivity index (χ1n) is 18.8. The van der Waals surface area contributed by atoms with Crippen molar-refractivity contribution in [3.05, 3.63) is 29.8 Å². The zero-order chi connectivity index (χ0) is 42.9. The number of nitrogens with one attached hydrogen (secondary N) is 3. The fourth-order valence-electron chi connectivity index (χ4n) is 5.75. The van der Waals surface area contributed by atoms with Gasteiger partial charge in [-0.05, 0) is 24.1 Å². The Balaban J connectivity index is 2.22. The lowest BCUT2D eigenvalue weighted by Gasteiger charge is -2.33. The van der Waals surface area contributed by atoms with Gasteiger partial charge in [-0.2, -0.15) is 11.8 Å². The van der Waals surface area contributed by atoms with Gasteiger partial charge in [0.15, 0.2) is 6.29 Å². The maximum absolute atomic E-state index is 13.7. The summed E-state index contributed by atoms with van der Waals surface area (Å²) >= 11 is 2.58. The zero-order valence-electron chi connectivity index (χ0n) is 32.6. The molecule has 2 atom stereocenters. The van der Waals surface area contributed by atoms with E-state index in [1.807, 2.05) is 17.0 Å². The molecule has 1 aromatic rings. The van der Waals surface area contributed by atoms with Crippen LogP contribution in [-0.4, -0.2) is 192 Å². The monoisotopic (exact) mass is 855 g/mol. The van der Waals surface area contributed by atoms with E-state index in [0.717, 1.165) is 17.3 Å². The highest BCUT2D eigenvalue weighted by Gasteiger charge is 2.26. The largest absolute Gasteiger partial charge is 0.480 e. The molecule has 22 heteroatoms. The number of aliphatic hydroxyl groups is 1. The Kier molecular flexibility index (Phi) is 24.2. The lowest BCUT2D eigenvalue weighted by molar-refractivity contribution is -0.139. The minimum Gasteiger partial charge on any atom is -0.480 e. The number of benzene rings is 1. The SMILES string of the molecule is NC(=O)CCNC(=O)CCC(NC(=O)CN1CCN(CC(=O)O)CCN(CCO)CCN(CC(=O)O)CC1)C(=O)NC(C=O)Sc1cccc(CSCCC(N)=O)c1. The van der Waals surface area contributed by atoms with Gasteiger partial charge < -0.3 is 47.5 Å². The molecular formula is C36H57N9O11S2. The van der Waals surface area contributed by atoms with Crippen molar-refractivity contribution < 1.29 is 53.7 Å². The molecule has 1 saturated heterocycles. The summed E-state index contributed by atoms with van der Waals surface area (Å²) in [4.78, 5) is 105. The molecule has 1 heterocycles. The third kappa shape index (κ3) is 22.6. The van der Waals surface area contributed by atoms with Crippen molar-refractivity contribution >= 4 is 71.3 Å². The topological polar surface area (TPSA) is 298 Å². The van der Waals surface area contributed by atoms with Crippen molar-refractivity contribution in [2.24, 2.45) is 11.5 Å². The number of rotatable bonds is 25. The van der Waals surface area contributed by atoms with E-state index in [-0.39, 0.29) is 84.6 Å². The number of β-amino-alcohol motifs (C(OH)–C–C–N with tert-alkyl or cyclic N) is 1. The average molecular weight is 856 g/mol. The minimum absolute atomic E-state index is 0.0177. The molecule has 0 aliphatic carbocycles. The number of primary amides is 2. The van der Waals surface area contributed by atoms with Gasteiger partial charge in [-0.1, -0.05) is 23.9 Å². The van der Waals surface area contributed by atoms with Crippen LogP contribution < -0.4 is 27.4 Å². The van der Waals surface area contributed by atoms with Crippen LogP contribution in [0.4, 0.5) is 0 Å². The van der Waals surface area contributed by atoms with Gasteiger partial charge >= 0.3 is 11.9 Å². The summed E-state index contributed by atoms with van der Waals surface area (Å²) in [7, 11) is 0. The lowest BCUT2D eigenvalue weighted by Crippen LogP contribution is -2.53. The molecule has 0 saturated carbocycles. The van der Waals surface area contributed by atoms with Crippen LogP contribution in [0, 0.1) is 0 Å². The minimum atomic E-state index is -1.28. The number of carbonyl (C=O) groups is 8. The van der Waals surface area contributed by atoms with Gasteiger partial charge in [0.1, 0.15) is 11.4 Å². The summed E-state index contributed by atoms with van der Waals surface area (Å²) < 4.78 is 0. The molecule has 2 unspecified atom stereocenters. The molecule has 324 valence electrons. The van der Waals surface area contributed by atoms with Gasteiger partial charge in [0.25, 0.3) is 0 Å². The van der Waals surface area contributed by atoms with Crippen LogP contribution in [0.15, 0.2) is 29.2 Å². The Bertz CT molecular complexity index is 1490. The van der Waals surface area contributed by atoms with Crippen LogP contribution in [-0.2, 0) is 44.1 Å². The number of hydrogen-bond acceptors (Lipinski definition) is 15. The van der Waals surface area contributed by atoms with Gasteiger partial charge in [0.2, 0.25) is 29.5 Å². The number of carbonyl (C=O) groups excluding carboxylic acids is 6. The maximum Gasteiger partial charge on any atom is 0.317 e. The van der Waals surface area contributed by atoms with Crippen LogP contribution in [0.3, 0.4) is 0 Å². The lowest BCUT2D eigenvalue weighted by atomic mass is 10.1. The number of nitrogens with two attached hydrogens (primary N) is 2. The molecule has 0 spiro atoms. The first kappa shape index (κ1) is 49.8. The van der Waals surface area contributed by atoms with Crippen molar-refractivity contribution in [2.75, 3.05) is 97.4 Å². The molecule has 2 rings (SSSR count). The number of carboxylic acid groups (broad SMARTS) is 2. The van der Waals surface area contributed by atoms with Gasteiger partial charge in [0.05, 0.1) is 26.2 Å². The Morgan fingerprint density at radius 1 is 0.759 bits per heavy atom. The fraction of sp³-hybridized carbons (Fsp3) is 0.611. The second-order valence-corrected chi connectivity index (χ2v) is 15.8. The molecule has 20 nitrogen and oxygen atoms in total. The van der Waals surface area contributed by atoms with E-state index in [2.05, 4.69) is 16.0 Å². The number of thioether (sulfide) groups is 2. The van der Waals surface area contributed by atoms with Crippen LogP contribution in [0.1, 0.15) is 31.2 Å². The predicted octanol–water partition coefficient (Wildman–Crippen LogP) is -2.83. The zero-order valence-corrected chi connectivity index (χ0v) is 34.2. The molecule has 5 amide bonds. The van der Waals surface area contributed by atoms with E-state index in [4.69, 9.17) is 11.5 Å². The molecular weight excluding hydrogens is 799 g/mol. The smallest absolute Gasteiger partial charge is 0.317 e. The Labute approximate surface area is 346 Å². The highest BCUT2D eigenvalue weighted by Crippen LogP contribution is 2.24. The van der Waals surface area contributed by atoms with E-state index in [0.29, 0.717) is 55.4 Å². The first-order valence-corrected chi connectivity index (χ1v) is 20.9. The van der Waals surface area contributed by atoms with E-state index in [1.54, 1.807) is 26.8 Å². The third-order valence-corrected chi connectivity index (χ3v) is 10.8. The van der Waals surface area contributed by atoms with Crippen molar-refractivity contribution in [3.8, 4) is 0 Å². The van der Waals surface area contributed by atoms with Crippen molar-refractivity contribution in [1.82, 2.24) is 35.6 Å². The highest BCUT2D eigenvalue weighted by atomic mass is 32.2. The summed E-state index contributed by atoms with van der Waals surface area (Å²) in [6.07, 6.45) is 0.291. The van der Waals surface area contributed by atoms with Crippen molar-refractivity contribution in [2.45, 2.75) is 47.7 Å². The number of aldehydes is 1. The van der Waals surface area contributed by atoms with Crippen LogP contribution in [0.2, 0.25) is 0 Å². The molecule has 10 N–H and O–H groups in total. The highest BCUT2D eigenvalue weighted by molar-refractivity contribution is 8.00. The molecule has 58 heavy (non-hydrogen) atoms. The van der Waals surface area contributed by atoms with E-state index in [1.165, 1.54) is 11.8 Å². The van der Waals surface area contributed by atoms with Crippen LogP contribution in [0.25, 0.3) is 0 Å². The number of aliphatic hydroxyl groups excluding tert-OH is 1. The molecule has 1 aliphatic rings. The third-order valence-electron chi connectivity index (χ3n) is 8.77. The van der Waals surface area contributed by atoms with E-state index in [9.17, 15) is 53.7 Å². The number of amides is 5. The number of carboxylic acids is 2. The van der Waals surface area contributed by atoms with Crippen LogP contribution in [0.5, 0.6) is 0 Å². The molecule has 1 aliphatic heterocycles. The van der Waals surface area contributed by atoms with Crippen molar-refractivity contribution in [3.63, 3.8) is 0 Å². The summed E-state index contributed by atoms with van der Waals surface area (Å²) in [6.45, 7) is 1.84. The van der Waals surface area contributed by atoms with Gasteiger partial charge in [-0.25, -0.2) is 0 Å². The standard InChI is InChI=1S/C36H57N9O11S2/c37-29(48)6-8-39-31(50)5-4-28(36(56)41-33(24-47)58-27-3-1-2-26(20-27)25-57-19-7-30(38)49)40-32(51)21-43-13-15-44(22-34(52)53)11-9-42(17-18-46)10-12-45(16-14-43)23-35(54)55/h1-3,20,24,28,33,46H,4-19,21-23,25H2,(H2,37,48)(H2,38,49)(H,39,50)(H,40,51)(H,41,56)(H,52,53)(H,54,55). The van der Waals surface area contributed by atoms with Gasteiger partial charge in [-0.3, -0.25) is 53.2 Å². The quantitative estimate of drug-likeness (QED) is 0.0213. The van der Waals surface area contributed by atoms with Crippen molar-refractivity contribution in [1.29, 1.82) is 0 Å². The molecule has 0 aromatic heterocycles. The summed E-state index contributed by atoms with van der Waals surface area (Å²) in [5.41, 5.74) is 11.3. The molecule has 0 radical (unpaired) electrons. The van der Waals surface area contributed by atoms with Crippen LogP contribution >= 0.6 is 23.5 Å². The fourth-order valence-corrected chi connectivity index (χ4v) is 7.56. The second-order valence-electron chi connectivity index (χ2n) is 13.5. The number of hydrogen-bond donors (Lipinski definition) is 8.